The second kappa shape index (κ2) is 13.5. The molecule has 188 valence electrons. The Kier molecular flexibility index (Phi) is 11.8. The summed E-state index contributed by atoms with van der Waals surface area (Å²) in [4.78, 5) is 36.6. The maximum absolute atomic E-state index is 12.1. The summed E-state index contributed by atoms with van der Waals surface area (Å²) in [6, 6.07) is 0. The SMILES string of the molecule is C=C.C=CCCCCN(C)C(C)=O.O=C(NC1(C(=O)NS(=O)(=O)C2CC2)CC1)C1CCCC1. The van der Waals surface area contributed by atoms with E-state index in [2.05, 4.69) is 29.8 Å². The van der Waals surface area contributed by atoms with Crippen molar-refractivity contribution in [1.82, 2.24) is 14.9 Å². The van der Waals surface area contributed by atoms with E-state index in [1.54, 1.807) is 11.8 Å². The lowest BCUT2D eigenvalue weighted by atomic mass is 10.1. The summed E-state index contributed by atoms with van der Waals surface area (Å²) in [5.74, 6) is -0.529. The van der Waals surface area contributed by atoms with E-state index in [9.17, 15) is 22.8 Å². The molecule has 0 aromatic heterocycles. The van der Waals surface area contributed by atoms with Crippen LogP contribution < -0.4 is 10.0 Å². The lowest BCUT2D eigenvalue weighted by Crippen LogP contribution is -2.52. The van der Waals surface area contributed by atoms with Crippen LogP contribution in [0.5, 0.6) is 0 Å². The Bertz CT molecular complexity index is 782. The molecule has 0 saturated heterocycles. The quantitative estimate of drug-likeness (QED) is 0.366. The van der Waals surface area contributed by atoms with Crippen molar-refractivity contribution >= 4 is 27.7 Å². The number of carbonyl (C=O) groups excluding carboxylic acids is 3. The highest BCUT2D eigenvalue weighted by Crippen LogP contribution is 2.38. The van der Waals surface area contributed by atoms with Crippen LogP contribution in [0.2, 0.25) is 0 Å². The van der Waals surface area contributed by atoms with Gasteiger partial charge in [-0.25, -0.2) is 8.42 Å². The first-order valence-corrected chi connectivity index (χ1v) is 13.4. The van der Waals surface area contributed by atoms with Gasteiger partial charge in [-0.2, -0.15) is 0 Å². The molecule has 0 spiro atoms. The summed E-state index contributed by atoms with van der Waals surface area (Å²) in [5.41, 5.74) is -0.971. The van der Waals surface area contributed by atoms with Gasteiger partial charge in [-0.1, -0.05) is 18.9 Å². The molecule has 8 nitrogen and oxygen atoms in total. The third kappa shape index (κ3) is 9.70. The molecule has 0 heterocycles. The van der Waals surface area contributed by atoms with E-state index < -0.39 is 26.7 Å². The zero-order valence-corrected chi connectivity index (χ0v) is 21.1. The fourth-order valence-electron chi connectivity index (χ4n) is 3.54. The Morgan fingerprint density at radius 1 is 1.06 bits per heavy atom. The number of allylic oxidation sites excluding steroid dienone is 1. The van der Waals surface area contributed by atoms with Gasteiger partial charge < -0.3 is 10.2 Å². The Morgan fingerprint density at radius 2 is 1.64 bits per heavy atom. The number of sulfonamides is 1. The van der Waals surface area contributed by atoms with Crippen LogP contribution in [0.3, 0.4) is 0 Å². The first kappa shape index (κ1) is 28.9. The van der Waals surface area contributed by atoms with Crippen LogP contribution in [0.4, 0.5) is 0 Å². The van der Waals surface area contributed by atoms with Crippen molar-refractivity contribution in [3.63, 3.8) is 0 Å². The van der Waals surface area contributed by atoms with Gasteiger partial charge in [0, 0.05) is 26.4 Å². The summed E-state index contributed by atoms with van der Waals surface area (Å²) >= 11 is 0. The fraction of sp³-hybridized carbons (Fsp3) is 0.708. The van der Waals surface area contributed by atoms with E-state index in [1.807, 2.05) is 13.1 Å². The number of nitrogens with zero attached hydrogens (tertiary/aromatic N) is 1. The van der Waals surface area contributed by atoms with E-state index in [1.165, 1.54) is 0 Å². The molecule has 3 fully saturated rings. The molecule has 33 heavy (non-hydrogen) atoms. The van der Waals surface area contributed by atoms with Gasteiger partial charge in [0.05, 0.1) is 5.25 Å². The van der Waals surface area contributed by atoms with Crippen LogP contribution in [0, 0.1) is 5.92 Å². The second-order valence-corrected chi connectivity index (χ2v) is 10.9. The zero-order valence-electron chi connectivity index (χ0n) is 20.2. The van der Waals surface area contributed by atoms with Crippen LogP contribution in [0.15, 0.2) is 25.8 Å². The predicted octanol–water partition coefficient (Wildman–Crippen LogP) is 3.06. The number of carbonyl (C=O) groups is 3. The van der Waals surface area contributed by atoms with E-state index in [0.29, 0.717) is 25.7 Å². The van der Waals surface area contributed by atoms with Crippen LogP contribution in [-0.4, -0.2) is 55.4 Å². The maximum atomic E-state index is 12.1. The summed E-state index contributed by atoms with van der Waals surface area (Å²) in [7, 11) is -1.71. The molecule has 0 unspecified atom stereocenters. The largest absolute Gasteiger partial charge is 0.346 e. The summed E-state index contributed by atoms with van der Waals surface area (Å²) in [6.07, 6.45) is 11.3. The molecule has 3 amide bonds. The Hall–Kier alpha value is -2.16. The second-order valence-electron chi connectivity index (χ2n) is 8.95. The van der Waals surface area contributed by atoms with Crippen molar-refractivity contribution in [2.75, 3.05) is 13.6 Å². The van der Waals surface area contributed by atoms with Crippen LogP contribution in [-0.2, 0) is 24.4 Å². The Morgan fingerprint density at radius 3 is 2.09 bits per heavy atom. The highest BCUT2D eigenvalue weighted by Gasteiger charge is 2.53. The van der Waals surface area contributed by atoms with Gasteiger partial charge in [-0.05, 0) is 57.8 Å². The summed E-state index contributed by atoms with van der Waals surface area (Å²) in [5, 5.41) is 2.35. The molecule has 0 aliphatic heterocycles. The van der Waals surface area contributed by atoms with Crippen molar-refractivity contribution in [3.8, 4) is 0 Å². The molecule has 0 aromatic rings. The first-order chi connectivity index (χ1) is 15.6. The number of hydrogen-bond donors (Lipinski definition) is 2. The van der Waals surface area contributed by atoms with Gasteiger partial charge in [0.2, 0.25) is 21.8 Å². The number of nitrogens with one attached hydrogen (secondary N) is 2. The van der Waals surface area contributed by atoms with E-state index in [-0.39, 0.29) is 17.7 Å². The minimum atomic E-state index is -3.54. The molecular formula is C24H41N3O5S. The molecule has 0 aromatic carbocycles. The van der Waals surface area contributed by atoms with E-state index in [4.69, 9.17) is 0 Å². The van der Waals surface area contributed by atoms with Crippen LogP contribution in [0.1, 0.15) is 77.6 Å². The molecule has 0 atom stereocenters. The summed E-state index contributed by atoms with van der Waals surface area (Å²) < 4.78 is 25.7. The molecule has 0 radical (unpaired) electrons. The molecule has 2 N–H and O–H groups in total. The molecule has 3 aliphatic carbocycles. The molecule has 3 rings (SSSR count). The fourth-order valence-corrected chi connectivity index (χ4v) is 4.92. The maximum Gasteiger partial charge on any atom is 0.259 e. The summed E-state index contributed by atoms with van der Waals surface area (Å²) in [6.45, 7) is 12.1. The lowest BCUT2D eigenvalue weighted by Gasteiger charge is -2.19. The minimum Gasteiger partial charge on any atom is -0.346 e. The molecule has 3 saturated carbocycles. The van der Waals surface area contributed by atoms with E-state index in [0.717, 1.165) is 51.5 Å². The zero-order chi connectivity index (χ0) is 25.1. The van der Waals surface area contributed by atoms with Crippen molar-refractivity contribution in [3.05, 3.63) is 25.8 Å². The monoisotopic (exact) mass is 483 g/mol. The predicted molar refractivity (Wildman–Crippen MR) is 131 cm³/mol. The first-order valence-electron chi connectivity index (χ1n) is 11.8. The normalized spacial score (nSPS) is 18.5. The molecule has 0 bridgehead atoms. The van der Waals surface area contributed by atoms with Crippen molar-refractivity contribution in [2.45, 2.75) is 88.3 Å². The number of unbranched alkanes of at least 4 members (excludes halogenated alkanes) is 2. The molecule has 9 heteroatoms. The van der Waals surface area contributed by atoms with Crippen molar-refractivity contribution in [1.29, 1.82) is 0 Å². The van der Waals surface area contributed by atoms with Gasteiger partial charge in [-0.15, -0.1) is 19.7 Å². The van der Waals surface area contributed by atoms with Gasteiger partial charge in [0.25, 0.3) is 5.91 Å². The highest BCUT2D eigenvalue weighted by molar-refractivity contribution is 7.91. The van der Waals surface area contributed by atoms with E-state index >= 15 is 0 Å². The van der Waals surface area contributed by atoms with Crippen molar-refractivity contribution in [2.24, 2.45) is 5.92 Å². The Labute approximate surface area is 199 Å². The standard InChI is InChI=1S/C13H20N2O4S.C9H17NO.C2H4/c16-11(9-3-1-2-4-9)14-13(7-8-13)12(17)15-20(18,19)10-5-6-10;1-4-5-6-7-8-10(3)9(2)11;1-2/h9-10H,1-8H2,(H,14,16)(H,15,17);4H,1,5-8H2,2-3H3;1-2H2. The third-order valence-corrected chi connectivity index (χ3v) is 7.98. The van der Waals surface area contributed by atoms with Gasteiger partial charge in [0.15, 0.2) is 0 Å². The topological polar surface area (TPSA) is 113 Å². The van der Waals surface area contributed by atoms with Crippen LogP contribution in [0.25, 0.3) is 0 Å². The van der Waals surface area contributed by atoms with Crippen LogP contribution >= 0.6 is 0 Å². The molecule has 3 aliphatic rings. The number of amides is 3. The molecular weight excluding hydrogens is 442 g/mol. The Balaban J connectivity index is 0.000000360. The highest BCUT2D eigenvalue weighted by atomic mass is 32.2. The average molecular weight is 484 g/mol. The third-order valence-electron chi connectivity index (χ3n) is 6.16. The lowest BCUT2D eigenvalue weighted by molar-refractivity contribution is -0.131. The average Bonchev–Trinajstić information content (AvgIpc) is 3.71. The number of hydrogen-bond acceptors (Lipinski definition) is 5. The minimum absolute atomic E-state index is 0.0136. The van der Waals surface area contributed by atoms with Crippen molar-refractivity contribution < 1.29 is 22.8 Å². The number of rotatable bonds is 10. The van der Waals surface area contributed by atoms with Gasteiger partial charge >= 0.3 is 0 Å². The van der Waals surface area contributed by atoms with Gasteiger partial charge in [-0.3, -0.25) is 19.1 Å². The smallest absolute Gasteiger partial charge is 0.259 e. The van der Waals surface area contributed by atoms with Gasteiger partial charge in [0.1, 0.15) is 5.54 Å².